The van der Waals surface area contributed by atoms with E-state index < -0.39 is 0 Å². The highest BCUT2D eigenvalue weighted by Crippen LogP contribution is 2.28. The summed E-state index contributed by atoms with van der Waals surface area (Å²) in [4.78, 5) is 34.4. The summed E-state index contributed by atoms with van der Waals surface area (Å²) in [5.74, 6) is -0.269. The van der Waals surface area contributed by atoms with Crippen LogP contribution in [0, 0.1) is 12.7 Å². The molecule has 35 heavy (non-hydrogen) atoms. The first-order valence-electron chi connectivity index (χ1n) is 11.8. The maximum atomic E-state index is 13.6. The van der Waals surface area contributed by atoms with Crippen molar-refractivity contribution in [3.8, 4) is 0 Å². The summed E-state index contributed by atoms with van der Waals surface area (Å²) in [6.45, 7) is 5.32. The van der Waals surface area contributed by atoms with E-state index >= 15 is 0 Å². The standard InChI is InChI=1S/C27H27FN4O3/c1-17-16-31(26(33)24-18(2)22-14-21(28)8-9-23(22)35-24)12-13-32(17)27(34)25-29-11-10-20(15-30-25)19-6-4-3-5-7-19/h3-9,14-15,17H,10-13,16H2,1-2H3,(H,29,30). The van der Waals surface area contributed by atoms with Crippen molar-refractivity contribution < 1.29 is 18.4 Å². The number of nitrogens with zero attached hydrogens (tertiary/aromatic N) is 3. The second-order valence-corrected chi connectivity index (χ2v) is 8.96. The van der Waals surface area contributed by atoms with E-state index in [0.717, 1.165) is 17.6 Å². The number of aryl methyl sites for hydroxylation is 1. The predicted octanol–water partition coefficient (Wildman–Crippen LogP) is 3.99. The van der Waals surface area contributed by atoms with Gasteiger partial charge in [-0.15, -0.1) is 0 Å². The van der Waals surface area contributed by atoms with Gasteiger partial charge >= 0.3 is 0 Å². The zero-order chi connectivity index (χ0) is 24.5. The molecule has 2 aliphatic rings. The molecule has 1 N–H and O–H groups in total. The Balaban J connectivity index is 1.26. The second kappa shape index (κ2) is 9.37. The van der Waals surface area contributed by atoms with Crippen molar-refractivity contribution in [3.05, 3.63) is 77.4 Å². The summed E-state index contributed by atoms with van der Waals surface area (Å²) < 4.78 is 19.4. The molecule has 8 heteroatoms. The van der Waals surface area contributed by atoms with Gasteiger partial charge in [0.2, 0.25) is 0 Å². The number of carbonyl (C=O) groups is 2. The minimum atomic E-state index is -0.373. The Hall–Kier alpha value is -3.94. The van der Waals surface area contributed by atoms with Crippen molar-refractivity contribution in [2.75, 3.05) is 26.2 Å². The number of aliphatic imine (C=N–C) groups is 1. The van der Waals surface area contributed by atoms with Crippen LogP contribution in [-0.2, 0) is 4.79 Å². The van der Waals surface area contributed by atoms with E-state index in [1.165, 1.54) is 18.2 Å². The van der Waals surface area contributed by atoms with Crippen molar-refractivity contribution in [3.63, 3.8) is 0 Å². The van der Waals surface area contributed by atoms with Crippen LogP contribution in [0.15, 0.2) is 64.1 Å². The molecule has 1 atom stereocenters. The first-order chi connectivity index (χ1) is 16.9. The Bertz CT molecular complexity index is 1350. The quantitative estimate of drug-likeness (QED) is 0.623. The molecule has 0 aliphatic carbocycles. The number of amidine groups is 1. The normalized spacial score (nSPS) is 18.5. The van der Waals surface area contributed by atoms with Crippen molar-refractivity contribution in [1.82, 2.24) is 15.1 Å². The third kappa shape index (κ3) is 4.43. The van der Waals surface area contributed by atoms with Crippen LogP contribution in [0.1, 0.15) is 35.0 Å². The molecule has 0 saturated carbocycles. The number of nitrogens with one attached hydrogen (secondary N) is 1. The third-order valence-electron chi connectivity index (χ3n) is 6.65. The van der Waals surface area contributed by atoms with Crippen LogP contribution >= 0.6 is 0 Å². The van der Waals surface area contributed by atoms with Crippen LogP contribution in [0.5, 0.6) is 0 Å². The largest absolute Gasteiger partial charge is 0.451 e. The fraction of sp³-hybridized carbons (Fsp3) is 0.296. The van der Waals surface area contributed by atoms with E-state index in [1.54, 1.807) is 16.7 Å². The number of hydrogen-bond donors (Lipinski definition) is 1. The van der Waals surface area contributed by atoms with Gasteiger partial charge in [-0.05, 0) is 49.6 Å². The zero-order valence-corrected chi connectivity index (χ0v) is 19.8. The highest BCUT2D eigenvalue weighted by molar-refractivity contribution is 6.38. The fourth-order valence-corrected chi connectivity index (χ4v) is 4.69. The van der Waals surface area contributed by atoms with Gasteiger partial charge < -0.3 is 19.5 Å². The molecule has 2 aliphatic heterocycles. The molecule has 2 amide bonds. The number of fused-ring (bicyclic) bond motifs is 1. The summed E-state index contributed by atoms with van der Waals surface area (Å²) in [5.41, 5.74) is 3.30. The van der Waals surface area contributed by atoms with E-state index in [0.29, 0.717) is 48.5 Å². The van der Waals surface area contributed by atoms with Gasteiger partial charge in [0.1, 0.15) is 11.4 Å². The SMILES string of the molecule is Cc1c(C(=O)N2CCN(C(=O)C3=NCCC(c4ccccc4)=CN3)C(C)C2)oc2ccc(F)cc12. The van der Waals surface area contributed by atoms with Gasteiger partial charge in [0, 0.05) is 49.4 Å². The second-order valence-electron chi connectivity index (χ2n) is 8.96. The highest BCUT2D eigenvalue weighted by atomic mass is 19.1. The van der Waals surface area contributed by atoms with Crippen molar-refractivity contribution in [1.29, 1.82) is 0 Å². The number of benzene rings is 2. The molecular formula is C27H27FN4O3. The first kappa shape index (κ1) is 22.8. The third-order valence-corrected chi connectivity index (χ3v) is 6.65. The molecule has 0 bridgehead atoms. The summed E-state index contributed by atoms with van der Waals surface area (Å²) in [5, 5.41) is 3.70. The maximum Gasteiger partial charge on any atom is 0.290 e. The van der Waals surface area contributed by atoms with Gasteiger partial charge in [-0.25, -0.2) is 4.39 Å². The molecule has 180 valence electrons. The lowest BCUT2D eigenvalue weighted by atomic mass is 10.0. The van der Waals surface area contributed by atoms with E-state index in [2.05, 4.69) is 10.3 Å². The topological polar surface area (TPSA) is 78.2 Å². The number of amides is 2. The molecule has 1 saturated heterocycles. The number of halogens is 1. The molecule has 3 aromatic rings. The van der Waals surface area contributed by atoms with Gasteiger partial charge in [0.15, 0.2) is 11.6 Å². The molecule has 7 nitrogen and oxygen atoms in total. The lowest BCUT2D eigenvalue weighted by molar-refractivity contribution is -0.128. The van der Waals surface area contributed by atoms with Gasteiger partial charge in [-0.1, -0.05) is 30.3 Å². The van der Waals surface area contributed by atoms with E-state index in [9.17, 15) is 14.0 Å². The van der Waals surface area contributed by atoms with E-state index in [1.807, 2.05) is 43.5 Å². The number of piperazine rings is 1. The zero-order valence-electron chi connectivity index (χ0n) is 19.8. The van der Waals surface area contributed by atoms with Gasteiger partial charge in [0.05, 0.1) is 0 Å². The Morgan fingerprint density at radius 2 is 1.91 bits per heavy atom. The predicted molar refractivity (Wildman–Crippen MR) is 132 cm³/mol. The summed E-state index contributed by atoms with van der Waals surface area (Å²) >= 11 is 0. The number of carbonyl (C=O) groups excluding carboxylic acids is 2. The average molecular weight is 475 g/mol. The Morgan fingerprint density at radius 1 is 1.11 bits per heavy atom. The minimum absolute atomic E-state index is 0.175. The number of furan rings is 1. The van der Waals surface area contributed by atoms with Gasteiger partial charge in [0.25, 0.3) is 11.8 Å². The maximum absolute atomic E-state index is 13.6. The van der Waals surface area contributed by atoms with Crippen LogP contribution in [0.2, 0.25) is 0 Å². The highest BCUT2D eigenvalue weighted by Gasteiger charge is 2.34. The monoisotopic (exact) mass is 474 g/mol. The van der Waals surface area contributed by atoms with Crippen LogP contribution in [0.3, 0.4) is 0 Å². The van der Waals surface area contributed by atoms with Crippen LogP contribution in [0.25, 0.3) is 16.5 Å². The summed E-state index contributed by atoms with van der Waals surface area (Å²) in [6, 6.07) is 14.1. The molecule has 3 heterocycles. The summed E-state index contributed by atoms with van der Waals surface area (Å²) in [6.07, 6.45) is 2.60. The molecule has 1 unspecified atom stereocenters. The van der Waals surface area contributed by atoms with Crippen molar-refractivity contribution in [2.24, 2.45) is 4.99 Å². The van der Waals surface area contributed by atoms with E-state index in [4.69, 9.17) is 4.42 Å². The average Bonchev–Trinajstić information content (AvgIpc) is 3.04. The van der Waals surface area contributed by atoms with Crippen LogP contribution in [0.4, 0.5) is 4.39 Å². The summed E-state index contributed by atoms with van der Waals surface area (Å²) in [7, 11) is 0. The molecule has 5 rings (SSSR count). The number of rotatable bonds is 3. The van der Waals surface area contributed by atoms with Crippen molar-refractivity contribution in [2.45, 2.75) is 26.3 Å². The molecule has 1 fully saturated rings. The Morgan fingerprint density at radius 3 is 2.69 bits per heavy atom. The lowest BCUT2D eigenvalue weighted by Gasteiger charge is -2.39. The Kier molecular flexibility index (Phi) is 6.11. The van der Waals surface area contributed by atoms with Gasteiger partial charge in [-0.2, -0.15) is 0 Å². The number of hydrogen-bond acceptors (Lipinski definition) is 5. The molecule has 1 aromatic heterocycles. The molecular weight excluding hydrogens is 447 g/mol. The Labute approximate surface area is 202 Å². The van der Waals surface area contributed by atoms with E-state index in [-0.39, 0.29) is 29.4 Å². The molecule has 0 radical (unpaired) electrons. The molecule has 2 aromatic carbocycles. The van der Waals surface area contributed by atoms with Crippen LogP contribution < -0.4 is 5.32 Å². The fourth-order valence-electron chi connectivity index (χ4n) is 4.69. The van der Waals surface area contributed by atoms with Crippen molar-refractivity contribution >= 4 is 34.2 Å². The molecule has 0 spiro atoms. The smallest absolute Gasteiger partial charge is 0.290 e. The minimum Gasteiger partial charge on any atom is -0.451 e. The lowest BCUT2D eigenvalue weighted by Crippen LogP contribution is -2.57. The first-order valence-corrected chi connectivity index (χ1v) is 11.8. The van der Waals surface area contributed by atoms with Crippen LogP contribution in [-0.4, -0.2) is 59.7 Å². The van der Waals surface area contributed by atoms with Gasteiger partial charge in [-0.3, -0.25) is 14.6 Å².